The molecule has 0 unspecified atom stereocenters. The van der Waals surface area contributed by atoms with Gasteiger partial charge in [-0.1, -0.05) is 0 Å². The summed E-state index contributed by atoms with van der Waals surface area (Å²) in [6, 6.07) is 7.41. The van der Waals surface area contributed by atoms with Crippen molar-refractivity contribution >= 4 is 23.2 Å². The minimum Gasteiger partial charge on any atom is -0.334 e. The van der Waals surface area contributed by atoms with Crippen LogP contribution in [-0.2, 0) is 0 Å². The molecule has 0 bridgehead atoms. The topological polar surface area (TPSA) is 82.2 Å². The van der Waals surface area contributed by atoms with E-state index in [1.807, 2.05) is 35.4 Å². The lowest BCUT2D eigenvalue weighted by molar-refractivity contribution is 0.0534. The fourth-order valence-electron chi connectivity index (χ4n) is 3.12. The second-order valence-electron chi connectivity index (χ2n) is 6.42. The molecule has 0 aliphatic carbocycles. The quantitative estimate of drug-likeness (QED) is 0.755. The van der Waals surface area contributed by atoms with E-state index in [0.717, 1.165) is 16.0 Å². The van der Waals surface area contributed by atoms with Crippen LogP contribution >= 0.6 is 11.3 Å². The Balaban J connectivity index is 1.40. The van der Waals surface area contributed by atoms with Gasteiger partial charge in [0.05, 0.1) is 10.6 Å². The first-order valence-electron chi connectivity index (χ1n) is 8.72. The minimum absolute atomic E-state index is 0.0520. The van der Waals surface area contributed by atoms with Crippen molar-refractivity contribution in [2.45, 2.75) is 6.92 Å². The molecule has 4 rings (SSSR count). The van der Waals surface area contributed by atoms with Gasteiger partial charge < -0.3 is 9.80 Å². The van der Waals surface area contributed by atoms with E-state index in [4.69, 9.17) is 0 Å². The second kappa shape index (κ2) is 7.32. The van der Waals surface area contributed by atoms with E-state index < -0.39 is 0 Å². The van der Waals surface area contributed by atoms with Gasteiger partial charge in [-0.05, 0) is 42.1 Å². The van der Waals surface area contributed by atoms with Crippen LogP contribution in [0.3, 0.4) is 0 Å². The van der Waals surface area contributed by atoms with E-state index >= 15 is 0 Å². The summed E-state index contributed by atoms with van der Waals surface area (Å²) in [5.41, 5.74) is 3.07. The number of piperazine rings is 1. The van der Waals surface area contributed by atoms with Crippen LogP contribution in [0.5, 0.6) is 0 Å². The van der Waals surface area contributed by atoms with Crippen molar-refractivity contribution in [2.24, 2.45) is 0 Å². The lowest BCUT2D eigenvalue weighted by Crippen LogP contribution is -2.50. The molecule has 2 amide bonds. The Morgan fingerprint density at radius 3 is 2.33 bits per heavy atom. The van der Waals surface area contributed by atoms with Crippen molar-refractivity contribution in [3.63, 3.8) is 0 Å². The molecule has 4 heterocycles. The maximum atomic E-state index is 12.7. The summed E-state index contributed by atoms with van der Waals surface area (Å²) in [7, 11) is 0. The van der Waals surface area contributed by atoms with E-state index in [-0.39, 0.29) is 11.8 Å². The second-order valence-corrected chi connectivity index (χ2v) is 7.34. The van der Waals surface area contributed by atoms with Crippen LogP contribution < -0.4 is 0 Å². The molecular formula is C19H19N5O2S. The highest BCUT2D eigenvalue weighted by Crippen LogP contribution is 2.20. The number of aryl methyl sites for hydroxylation is 1. The minimum atomic E-state index is -0.0952. The summed E-state index contributed by atoms with van der Waals surface area (Å²) in [6.45, 7) is 4.04. The number of H-pyrrole nitrogens is 1. The predicted molar refractivity (Wildman–Crippen MR) is 103 cm³/mol. The SMILES string of the molecule is Cc1ccsc1C(=O)N1CCN(C(=O)c2cc(-c3ccncc3)n[nH]2)CC1. The Labute approximate surface area is 160 Å². The first-order valence-corrected chi connectivity index (χ1v) is 9.60. The number of nitrogens with one attached hydrogen (secondary N) is 1. The number of aromatic amines is 1. The van der Waals surface area contributed by atoms with Crippen LogP contribution in [0.1, 0.15) is 25.7 Å². The third kappa shape index (κ3) is 3.48. The smallest absolute Gasteiger partial charge is 0.272 e. The molecule has 1 N–H and O–H groups in total. The number of amides is 2. The summed E-state index contributed by atoms with van der Waals surface area (Å²) in [5.74, 6) is -0.0432. The van der Waals surface area contributed by atoms with Crippen LogP contribution in [0.4, 0.5) is 0 Å². The molecule has 0 atom stereocenters. The van der Waals surface area contributed by atoms with Crippen molar-refractivity contribution < 1.29 is 9.59 Å². The zero-order valence-corrected chi connectivity index (χ0v) is 15.7. The summed E-state index contributed by atoms with van der Waals surface area (Å²) in [4.78, 5) is 33.7. The zero-order valence-electron chi connectivity index (χ0n) is 14.9. The number of carbonyl (C=O) groups is 2. The van der Waals surface area contributed by atoms with Crippen LogP contribution in [0.15, 0.2) is 42.0 Å². The van der Waals surface area contributed by atoms with Crippen molar-refractivity contribution in [1.29, 1.82) is 0 Å². The molecule has 8 heteroatoms. The van der Waals surface area contributed by atoms with E-state index in [2.05, 4.69) is 15.2 Å². The molecule has 3 aromatic heterocycles. The Bertz CT molecular complexity index is 957. The maximum Gasteiger partial charge on any atom is 0.272 e. The van der Waals surface area contributed by atoms with Crippen LogP contribution in [0, 0.1) is 6.92 Å². The van der Waals surface area contributed by atoms with Gasteiger partial charge >= 0.3 is 0 Å². The number of pyridine rings is 1. The Morgan fingerprint density at radius 1 is 1.04 bits per heavy atom. The number of hydrogen-bond acceptors (Lipinski definition) is 5. The molecule has 0 spiro atoms. The molecular weight excluding hydrogens is 362 g/mol. The van der Waals surface area contributed by atoms with Gasteiger partial charge in [-0.3, -0.25) is 19.7 Å². The van der Waals surface area contributed by atoms with Gasteiger partial charge in [-0.25, -0.2) is 0 Å². The lowest BCUT2D eigenvalue weighted by Gasteiger charge is -2.34. The number of thiophene rings is 1. The average Bonchev–Trinajstić information content (AvgIpc) is 3.37. The molecule has 3 aromatic rings. The van der Waals surface area contributed by atoms with Gasteiger partial charge in [0, 0.05) is 44.1 Å². The molecule has 1 aliphatic rings. The van der Waals surface area contributed by atoms with Gasteiger partial charge in [-0.15, -0.1) is 11.3 Å². The molecule has 27 heavy (non-hydrogen) atoms. The molecule has 138 valence electrons. The lowest BCUT2D eigenvalue weighted by atomic mass is 10.2. The molecule has 1 saturated heterocycles. The van der Waals surface area contributed by atoms with Crippen molar-refractivity contribution in [3.8, 4) is 11.3 Å². The number of aromatic nitrogens is 3. The predicted octanol–water partition coefficient (Wildman–Crippen LogP) is 2.44. The van der Waals surface area contributed by atoms with Crippen LogP contribution in [0.2, 0.25) is 0 Å². The Kier molecular flexibility index (Phi) is 4.72. The van der Waals surface area contributed by atoms with E-state index in [1.165, 1.54) is 11.3 Å². The van der Waals surface area contributed by atoms with Gasteiger partial charge in [-0.2, -0.15) is 5.10 Å². The van der Waals surface area contributed by atoms with E-state index in [1.54, 1.807) is 23.4 Å². The van der Waals surface area contributed by atoms with Crippen molar-refractivity contribution in [2.75, 3.05) is 26.2 Å². The Hall–Kier alpha value is -3.00. The van der Waals surface area contributed by atoms with Crippen LogP contribution in [0.25, 0.3) is 11.3 Å². The Morgan fingerprint density at radius 2 is 1.70 bits per heavy atom. The molecule has 0 aromatic carbocycles. The number of nitrogens with zero attached hydrogens (tertiary/aromatic N) is 4. The average molecular weight is 381 g/mol. The summed E-state index contributed by atoms with van der Waals surface area (Å²) in [6.07, 6.45) is 3.38. The van der Waals surface area contributed by atoms with Gasteiger partial charge in [0.15, 0.2) is 0 Å². The van der Waals surface area contributed by atoms with Crippen molar-refractivity contribution in [3.05, 3.63) is 58.2 Å². The van der Waals surface area contributed by atoms with Gasteiger partial charge in [0.25, 0.3) is 11.8 Å². The molecule has 0 radical (unpaired) electrons. The number of rotatable bonds is 3. The van der Waals surface area contributed by atoms with Gasteiger partial charge in [0.2, 0.25) is 0 Å². The van der Waals surface area contributed by atoms with Crippen molar-refractivity contribution in [1.82, 2.24) is 25.0 Å². The molecule has 7 nitrogen and oxygen atoms in total. The fourth-order valence-corrected chi connectivity index (χ4v) is 4.01. The first kappa shape index (κ1) is 17.4. The largest absolute Gasteiger partial charge is 0.334 e. The highest BCUT2D eigenvalue weighted by Gasteiger charge is 2.27. The first-order chi connectivity index (χ1) is 13.1. The van der Waals surface area contributed by atoms with Gasteiger partial charge in [0.1, 0.15) is 5.69 Å². The number of hydrogen-bond donors (Lipinski definition) is 1. The van der Waals surface area contributed by atoms with E-state index in [9.17, 15) is 9.59 Å². The highest BCUT2D eigenvalue weighted by atomic mass is 32.1. The molecule has 1 aliphatic heterocycles. The summed E-state index contributed by atoms with van der Waals surface area (Å²) < 4.78 is 0. The third-order valence-corrected chi connectivity index (χ3v) is 5.70. The molecule has 1 fully saturated rings. The van der Waals surface area contributed by atoms with E-state index in [0.29, 0.717) is 37.6 Å². The zero-order chi connectivity index (χ0) is 18.8. The monoisotopic (exact) mass is 381 g/mol. The third-order valence-electron chi connectivity index (χ3n) is 4.69. The summed E-state index contributed by atoms with van der Waals surface area (Å²) in [5, 5.41) is 8.98. The highest BCUT2D eigenvalue weighted by molar-refractivity contribution is 7.12. The number of carbonyl (C=O) groups excluding carboxylic acids is 2. The summed E-state index contributed by atoms with van der Waals surface area (Å²) >= 11 is 1.47. The fraction of sp³-hybridized carbons (Fsp3) is 0.263. The maximum absolute atomic E-state index is 12.7. The normalized spacial score (nSPS) is 14.4. The van der Waals surface area contributed by atoms with Crippen LogP contribution in [-0.4, -0.2) is 63.0 Å². The standard InChI is InChI=1S/C19H19N5O2S/c1-13-4-11-27-17(13)19(26)24-9-7-23(8-10-24)18(25)16-12-15(21-22-16)14-2-5-20-6-3-14/h2-6,11-12H,7-10H2,1H3,(H,21,22). The molecule has 0 saturated carbocycles.